The number of aromatic nitrogens is 3. The normalized spacial score (nSPS) is 12.1. The summed E-state index contributed by atoms with van der Waals surface area (Å²) < 4.78 is 14.3. The number of nitrogens with one attached hydrogen (secondary N) is 1. The summed E-state index contributed by atoms with van der Waals surface area (Å²) in [7, 11) is 0. The Bertz CT molecular complexity index is 954. The lowest BCUT2D eigenvalue weighted by atomic mass is 10.2. The molecule has 1 amide bonds. The highest BCUT2D eigenvalue weighted by Gasteiger charge is 2.22. The molecule has 0 unspecified atom stereocenters. The van der Waals surface area contributed by atoms with Crippen LogP contribution in [0.2, 0.25) is 0 Å². The molecule has 122 valence electrons. The number of rotatable bonds is 4. The van der Waals surface area contributed by atoms with Crippen LogP contribution < -0.4 is 10.9 Å². The average Bonchev–Trinajstić information content (AvgIpc) is 2.58. The fraction of sp³-hybridized carbons (Fsp3) is 0.176. The van der Waals surface area contributed by atoms with E-state index >= 15 is 0 Å². The Balaban J connectivity index is 1.95. The smallest absolute Gasteiger partial charge is 0.278 e. The van der Waals surface area contributed by atoms with Crippen molar-refractivity contribution in [1.82, 2.24) is 15.0 Å². The van der Waals surface area contributed by atoms with Gasteiger partial charge in [0.1, 0.15) is 17.4 Å². The number of nitrogens with zero attached hydrogens (tertiary/aromatic N) is 3. The molecule has 6 nitrogen and oxygen atoms in total. The summed E-state index contributed by atoms with van der Waals surface area (Å²) in [4.78, 5) is 25.0. The van der Waals surface area contributed by atoms with Crippen LogP contribution in [-0.2, 0) is 4.79 Å². The Labute approximate surface area is 136 Å². The molecular weight excluding hydrogens is 311 g/mol. The Morgan fingerprint density at radius 2 is 2.04 bits per heavy atom. The molecule has 2 aromatic carbocycles. The van der Waals surface area contributed by atoms with Crippen LogP contribution >= 0.6 is 0 Å². The highest BCUT2D eigenvalue weighted by molar-refractivity contribution is 5.93. The molecular formula is C17H15FN4O2. The molecule has 24 heavy (non-hydrogen) atoms. The van der Waals surface area contributed by atoms with Gasteiger partial charge in [0.05, 0.1) is 5.39 Å². The van der Waals surface area contributed by atoms with Crippen molar-refractivity contribution >= 4 is 22.5 Å². The molecule has 0 aliphatic rings. The first kappa shape index (κ1) is 15.8. The Morgan fingerprint density at radius 1 is 1.25 bits per heavy atom. The largest absolute Gasteiger partial charge is 0.324 e. The quantitative estimate of drug-likeness (QED) is 0.799. The molecule has 0 radical (unpaired) electrons. The van der Waals surface area contributed by atoms with Crippen LogP contribution in [0.1, 0.15) is 19.4 Å². The van der Waals surface area contributed by atoms with Crippen molar-refractivity contribution in [3.63, 3.8) is 0 Å². The van der Waals surface area contributed by atoms with E-state index in [-0.39, 0.29) is 5.56 Å². The minimum Gasteiger partial charge on any atom is -0.324 e. The standard InChI is InChI=1S/C17H15FN4O2/c1-2-15(16(23)19-12-7-5-6-11(18)10-12)22-17(24)13-8-3-4-9-14(13)20-21-22/h3-10,15H,2H2,1H3,(H,19,23)/t15-/m1/s1. The van der Waals surface area contributed by atoms with E-state index in [4.69, 9.17) is 0 Å². The molecule has 1 aromatic heterocycles. The lowest BCUT2D eigenvalue weighted by molar-refractivity contribution is -0.119. The van der Waals surface area contributed by atoms with Crippen LogP contribution in [0.4, 0.5) is 10.1 Å². The summed E-state index contributed by atoms with van der Waals surface area (Å²) in [5.41, 5.74) is 0.404. The van der Waals surface area contributed by atoms with Gasteiger partial charge in [0.2, 0.25) is 5.91 Å². The second-order valence-electron chi connectivity index (χ2n) is 5.28. The molecule has 0 spiro atoms. The molecule has 3 rings (SSSR count). The van der Waals surface area contributed by atoms with Gasteiger partial charge in [-0.05, 0) is 36.8 Å². The van der Waals surface area contributed by atoms with E-state index in [0.717, 1.165) is 4.68 Å². The molecule has 0 fully saturated rings. The SMILES string of the molecule is CC[C@H](C(=O)Nc1cccc(F)c1)n1nnc2ccccc2c1=O. The maximum atomic E-state index is 13.2. The molecule has 0 bridgehead atoms. The number of hydrogen-bond donors (Lipinski definition) is 1. The highest BCUT2D eigenvalue weighted by atomic mass is 19.1. The molecule has 7 heteroatoms. The predicted molar refractivity (Wildman–Crippen MR) is 88.2 cm³/mol. The van der Waals surface area contributed by atoms with Gasteiger partial charge in [-0.2, -0.15) is 4.68 Å². The maximum Gasteiger partial charge on any atom is 0.278 e. The van der Waals surface area contributed by atoms with Crippen molar-refractivity contribution in [3.8, 4) is 0 Å². The maximum absolute atomic E-state index is 13.2. The third-order valence-corrected chi connectivity index (χ3v) is 3.67. The van der Waals surface area contributed by atoms with Crippen molar-refractivity contribution in [1.29, 1.82) is 0 Å². The lowest BCUT2D eigenvalue weighted by Crippen LogP contribution is -2.35. The first-order valence-electron chi connectivity index (χ1n) is 7.51. The van der Waals surface area contributed by atoms with Crippen molar-refractivity contribution in [2.24, 2.45) is 0 Å². The van der Waals surface area contributed by atoms with Gasteiger partial charge in [0, 0.05) is 5.69 Å². The second-order valence-corrected chi connectivity index (χ2v) is 5.28. The Morgan fingerprint density at radius 3 is 2.79 bits per heavy atom. The van der Waals surface area contributed by atoms with E-state index in [1.165, 1.54) is 18.2 Å². The van der Waals surface area contributed by atoms with Crippen molar-refractivity contribution in [2.75, 3.05) is 5.32 Å². The van der Waals surface area contributed by atoms with E-state index < -0.39 is 17.8 Å². The fourth-order valence-corrected chi connectivity index (χ4v) is 2.47. The van der Waals surface area contributed by atoms with E-state index in [1.54, 1.807) is 37.3 Å². The first-order chi connectivity index (χ1) is 11.6. The summed E-state index contributed by atoms with van der Waals surface area (Å²) in [6, 6.07) is 11.5. The van der Waals surface area contributed by atoms with Crippen LogP contribution in [0.3, 0.4) is 0 Å². The minimum absolute atomic E-state index is 0.320. The molecule has 1 atom stereocenters. The first-order valence-corrected chi connectivity index (χ1v) is 7.51. The molecule has 1 N–H and O–H groups in total. The third-order valence-electron chi connectivity index (χ3n) is 3.67. The Kier molecular flexibility index (Phi) is 4.33. The van der Waals surface area contributed by atoms with Crippen LogP contribution in [0.15, 0.2) is 53.3 Å². The van der Waals surface area contributed by atoms with Crippen molar-refractivity contribution in [3.05, 3.63) is 64.7 Å². The van der Waals surface area contributed by atoms with Gasteiger partial charge in [0.25, 0.3) is 5.56 Å². The van der Waals surface area contributed by atoms with Gasteiger partial charge in [-0.3, -0.25) is 9.59 Å². The molecule has 0 saturated carbocycles. The zero-order chi connectivity index (χ0) is 17.1. The van der Waals surface area contributed by atoms with Gasteiger partial charge in [0.15, 0.2) is 0 Å². The molecule has 1 heterocycles. The number of hydrogen-bond acceptors (Lipinski definition) is 4. The number of fused-ring (bicyclic) bond motifs is 1. The summed E-state index contributed by atoms with van der Waals surface area (Å²) in [5.74, 6) is -0.904. The number of benzene rings is 2. The van der Waals surface area contributed by atoms with Gasteiger partial charge < -0.3 is 5.32 Å². The second kappa shape index (κ2) is 6.57. The summed E-state index contributed by atoms with van der Waals surface area (Å²) in [6.07, 6.45) is 0.341. The number of carbonyl (C=O) groups excluding carboxylic acids is 1. The number of anilines is 1. The monoisotopic (exact) mass is 326 g/mol. The number of amides is 1. The highest BCUT2D eigenvalue weighted by Crippen LogP contribution is 2.15. The van der Waals surface area contributed by atoms with Gasteiger partial charge >= 0.3 is 0 Å². The van der Waals surface area contributed by atoms with Crippen LogP contribution in [-0.4, -0.2) is 20.9 Å². The van der Waals surface area contributed by atoms with Crippen LogP contribution in [0.5, 0.6) is 0 Å². The lowest BCUT2D eigenvalue weighted by Gasteiger charge is -2.16. The minimum atomic E-state index is -0.835. The van der Waals surface area contributed by atoms with Crippen molar-refractivity contribution < 1.29 is 9.18 Å². The topological polar surface area (TPSA) is 76.9 Å². The van der Waals surface area contributed by atoms with Crippen LogP contribution in [0.25, 0.3) is 10.9 Å². The average molecular weight is 326 g/mol. The van der Waals surface area contributed by atoms with Crippen LogP contribution in [0, 0.1) is 5.82 Å². The van der Waals surface area contributed by atoms with E-state index in [0.29, 0.717) is 23.0 Å². The third kappa shape index (κ3) is 3.01. The van der Waals surface area contributed by atoms with Gasteiger partial charge in [-0.1, -0.05) is 30.3 Å². The molecule has 0 aliphatic carbocycles. The number of carbonyl (C=O) groups is 1. The van der Waals surface area contributed by atoms with Gasteiger partial charge in [-0.15, -0.1) is 5.10 Å². The Hall–Kier alpha value is -3.09. The van der Waals surface area contributed by atoms with E-state index in [1.807, 2.05) is 0 Å². The van der Waals surface area contributed by atoms with E-state index in [9.17, 15) is 14.0 Å². The summed E-state index contributed by atoms with van der Waals surface area (Å²) >= 11 is 0. The molecule has 3 aromatic rings. The fourth-order valence-electron chi connectivity index (χ4n) is 2.47. The predicted octanol–water partition coefficient (Wildman–Crippen LogP) is 2.52. The summed E-state index contributed by atoms with van der Waals surface area (Å²) in [5, 5.41) is 10.9. The zero-order valence-electron chi connectivity index (χ0n) is 12.9. The number of halogens is 1. The molecule has 0 saturated heterocycles. The van der Waals surface area contributed by atoms with E-state index in [2.05, 4.69) is 15.6 Å². The summed E-state index contributed by atoms with van der Waals surface area (Å²) in [6.45, 7) is 1.76. The van der Waals surface area contributed by atoms with Crippen molar-refractivity contribution in [2.45, 2.75) is 19.4 Å². The van der Waals surface area contributed by atoms with Gasteiger partial charge in [-0.25, -0.2) is 4.39 Å². The molecule has 0 aliphatic heterocycles. The zero-order valence-corrected chi connectivity index (χ0v) is 12.9.